The van der Waals surface area contributed by atoms with Gasteiger partial charge in [-0.2, -0.15) is 0 Å². The average molecular weight is 297 g/mol. The van der Waals surface area contributed by atoms with E-state index in [0.717, 1.165) is 0 Å². The van der Waals surface area contributed by atoms with Crippen molar-refractivity contribution in [1.29, 1.82) is 0 Å². The summed E-state index contributed by atoms with van der Waals surface area (Å²) in [5, 5.41) is 19.3. The summed E-state index contributed by atoms with van der Waals surface area (Å²) in [5.41, 5.74) is 5.88. The van der Waals surface area contributed by atoms with Crippen molar-refractivity contribution in [2.75, 3.05) is 0 Å². The molecule has 0 aliphatic rings. The van der Waals surface area contributed by atoms with Crippen LogP contribution < -0.4 is 11.2 Å². The Bertz CT molecular complexity index is 941. The van der Waals surface area contributed by atoms with E-state index in [1.807, 2.05) is 0 Å². The zero-order valence-corrected chi connectivity index (χ0v) is 11.2. The monoisotopic (exact) mass is 297 g/mol. The van der Waals surface area contributed by atoms with Gasteiger partial charge in [-0.05, 0) is 29.8 Å². The van der Waals surface area contributed by atoms with Crippen molar-refractivity contribution in [1.82, 2.24) is 0 Å². The predicted molar refractivity (Wildman–Crippen MR) is 79.8 cm³/mol. The zero-order chi connectivity index (χ0) is 15.9. The highest BCUT2D eigenvalue weighted by Gasteiger charge is 2.14. The zero-order valence-electron chi connectivity index (χ0n) is 11.2. The number of benzene rings is 2. The van der Waals surface area contributed by atoms with Crippen LogP contribution in [0.25, 0.3) is 22.1 Å². The van der Waals surface area contributed by atoms with E-state index in [-0.39, 0.29) is 27.7 Å². The quantitative estimate of drug-likeness (QED) is 0.626. The topological polar surface area (TPSA) is 114 Å². The molecule has 6 nitrogen and oxygen atoms in total. The standard InChI is InChI=1S/C16H11NO5/c17-16(21)9-3-1-8(2-4-9)11-7-22-15-10(13(11)19)5-6-12(18)14(15)20/h1-7,18,20H,(H2,17,21). The van der Waals surface area contributed by atoms with E-state index in [1.165, 1.54) is 30.5 Å². The Morgan fingerprint density at radius 2 is 1.73 bits per heavy atom. The Morgan fingerprint density at radius 1 is 1.05 bits per heavy atom. The molecular weight excluding hydrogens is 286 g/mol. The van der Waals surface area contributed by atoms with Gasteiger partial charge in [0.05, 0.1) is 10.9 Å². The van der Waals surface area contributed by atoms with Gasteiger partial charge < -0.3 is 20.4 Å². The van der Waals surface area contributed by atoms with Gasteiger partial charge in [0, 0.05) is 5.56 Å². The molecule has 0 aliphatic heterocycles. The van der Waals surface area contributed by atoms with E-state index >= 15 is 0 Å². The number of nitrogens with two attached hydrogens (primary N) is 1. The van der Waals surface area contributed by atoms with Crippen LogP contribution in [0.5, 0.6) is 11.5 Å². The smallest absolute Gasteiger partial charge is 0.248 e. The number of hydrogen-bond acceptors (Lipinski definition) is 5. The maximum atomic E-state index is 12.5. The second-order valence-corrected chi connectivity index (χ2v) is 4.73. The van der Waals surface area contributed by atoms with Crippen molar-refractivity contribution < 1.29 is 19.4 Å². The first-order chi connectivity index (χ1) is 10.5. The van der Waals surface area contributed by atoms with Crippen molar-refractivity contribution in [2.45, 2.75) is 0 Å². The second kappa shape index (κ2) is 4.92. The van der Waals surface area contributed by atoms with Gasteiger partial charge in [-0.1, -0.05) is 12.1 Å². The highest BCUT2D eigenvalue weighted by molar-refractivity contribution is 5.93. The van der Waals surface area contributed by atoms with Crippen LogP contribution in [0, 0.1) is 0 Å². The molecule has 1 heterocycles. The van der Waals surface area contributed by atoms with Gasteiger partial charge in [-0.15, -0.1) is 0 Å². The van der Waals surface area contributed by atoms with E-state index in [9.17, 15) is 19.8 Å². The summed E-state index contributed by atoms with van der Waals surface area (Å²) in [6, 6.07) is 8.77. The number of rotatable bonds is 2. The maximum Gasteiger partial charge on any atom is 0.248 e. The molecule has 1 aromatic heterocycles. The molecule has 3 aromatic rings. The molecule has 0 fully saturated rings. The van der Waals surface area contributed by atoms with Crippen LogP contribution in [0.3, 0.4) is 0 Å². The van der Waals surface area contributed by atoms with Gasteiger partial charge in [0.2, 0.25) is 17.1 Å². The molecule has 110 valence electrons. The van der Waals surface area contributed by atoms with Crippen LogP contribution in [0.2, 0.25) is 0 Å². The number of amides is 1. The third kappa shape index (κ3) is 2.07. The molecule has 0 atom stereocenters. The van der Waals surface area contributed by atoms with Crippen LogP contribution in [-0.4, -0.2) is 16.1 Å². The molecule has 6 heteroatoms. The summed E-state index contributed by atoms with van der Waals surface area (Å²) in [6.07, 6.45) is 1.20. The Kier molecular flexibility index (Phi) is 3.06. The number of aromatic hydroxyl groups is 2. The molecule has 22 heavy (non-hydrogen) atoms. The molecule has 4 N–H and O–H groups in total. The Labute approximate surface area is 124 Å². The fraction of sp³-hybridized carbons (Fsp3) is 0. The van der Waals surface area contributed by atoms with Gasteiger partial charge in [-0.25, -0.2) is 0 Å². The summed E-state index contributed by atoms with van der Waals surface area (Å²) >= 11 is 0. The molecule has 0 saturated heterocycles. The van der Waals surface area contributed by atoms with Gasteiger partial charge in [0.15, 0.2) is 11.3 Å². The molecule has 2 aromatic carbocycles. The highest BCUT2D eigenvalue weighted by atomic mass is 16.4. The largest absolute Gasteiger partial charge is 0.504 e. The Balaban J connectivity index is 2.20. The predicted octanol–water partition coefficient (Wildman–Crippen LogP) is 1.97. The lowest BCUT2D eigenvalue weighted by atomic mass is 10.0. The lowest BCUT2D eigenvalue weighted by molar-refractivity contribution is 0.100. The van der Waals surface area contributed by atoms with E-state index in [4.69, 9.17) is 10.2 Å². The Morgan fingerprint density at radius 3 is 2.36 bits per heavy atom. The number of hydrogen-bond donors (Lipinski definition) is 3. The van der Waals surface area contributed by atoms with E-state index in [2.05, 4.69) is 0 Å². The minimum Gasteiger partial charge on any atom is -0.504 e. The number of primary amides is 1. The molecular formula is C16H11NO5. The molecule has 3 rings (SSSR count). The lowest BCUT2D eigenvalue weighted by Gasteiger charge is -2.05. The minimum atomic E-state index is -0.558. The van der Waals surface area contributed by atoms with Gasteiger partial charge in [0.25, 0.3) is 0 Å². The Hall–Kier alpha value is -3.28. The van der Waals surface area contributed by atoms with Gasteiger partial charge >= 0.3 is 0 Å². The number of phenols is 2. The fourth-order valence-electron chi connectivity index (χ4n) is 2.19. The van der Waals surface area contributed by atoms with Crippen LogP contribution in [0.15, 0.2) is 51.9 Å². The van der Waals surface area contributed by atoms with Crippen molar-refractivity contribution in [3.8, 4) is 22.6 Å². The number of carbonyl (C=O) groups excluding carboxylic acids is 1. The lowest BCUT2D eigenvalue weighted by Crippen LogP contribution is -2.10. The van der Waals surface area contributed by atoms with Crippen molar-refractivity contribution in [3.63, 3.8) is 0 Å². The first-order valence-corrected chi connectivity index (χ1v) is 6.35. The van der Waals surface area contributed by atoms with Crippen LogP contribution >= 0.6 is 0 Å². The first kappa shape index (κ1) is 13.7. The summed E-state index contributed by atoms with van der Waals surface area (Å²) in [4.78, 5) is 23.5. The normalized spacial score (nSPS) is 10.7. The molecule has 1 amide bonds. The highest BCUT2D eigenvalue weighted by Crippen LogP contribution is 2.33. The third-order valence-electron chi connectivity index (χ3n) is 3.37. The van der Waals surface area contributed by atoms with Crippen molar-refractivity contribution in [2.24, 2.45) is 5.73 Å². The SMILES string of the molecule is NC(=O)c1ccc(-c2coc3c(O)c(O)ccc3c2=O)cc1. The summed E-state index contributed by atoms with van der Waals surface area (Å²) < 4.78 is 5.27. The maximum absolute atomic E-state index is 12.5. The fourth-order valence-corrected chi connectivity index (χ4v) is 2.19. The number of carbonyl (C=O) groups is 1. The summed E-state index contributed by atoms with van der Waals surface area (Å²) in [7, 11) is 0. The van der Waals surface area contributed by atoms with Crippen LogP contribution in [-0.2, 0) is 0 Å². The third-order valence-corrected chi connectivity index (χ3v) is 3.37. The molecule has 0 saturated carbocycles. The molecule has 0 bridgehead atoms. The van der Waals surface area contributed by atoms with Gasteiger partial charge in [-0.3, -0.25) is 9.59 Å². The molecule has 0 unspecified atom stereocenters. The van der Waals surface area contributed by atoms with Crippen molar-refractivity contribution >= 4 is 16.9 Å². The summed E-state index contributed by atoms with van der Waals surface area (Å²) in [5.74, 6) is -1.41. The minimum absolute atomic E-state index is 0.0810. The molecule has 0 spiro atoms. The first-order valence-electron chi connectivity index (χ1n) is 6.35. The van der Waals surface area contributed by atoms with Gasteiger partial charge in [0.1, 0.15) is 6.26 Å². The van der Waals surface area contributed by atoms with E-state index in [0.29, 0.717) is 11.1 Å². The summed E-state index contributed by atoms with van der Waals surface area (Å²) in [6.45, 7) is 0. The molecule has 0 aliphatic carbocycles. The van der Waals surface area contributed by atoms with E-state index < -0.39 is 11.7 Å². The molecule has 0 radical (unpaired) electrons. The van der Waals surface area contributed by atoms with Crippen LogP contribution in [0.1, 0.15) is 10.4 Å². The van der Waals surface area contributed by atoms with E-state index in [1.54, 1.807) is 12.1 Å². The second-order valence-electron chi connectivity index (χ2n) is 4.73. The number of phenolic OH excluding ortho intramolecular Hbond substituents is 2. The van der Waals surface area contributed by atoms with Crippen molar-refractivity contribution in [3.05, 3.63) is 58.4 Å². The van der Waals surface area contributed by atoms with Crippen LogP contribution in [0.4, 0.5) is 0 Å². The number of fused-ring (bicyclic) bond motifs is 1. The average Bonchev–Trinajstić information content (AvgIpc) is 2.51.